The van der Waals surface area contributed by atoms with E-state index in [9.17, 15) is 4.79 Å². The molecule has 0 saturated heterocycles. The number of hydrogen-bond acceptors (Lipinski definition) is 3. The van der Waals surface area contributed by atoms with E-state index in [0.717, 1.165) is 34.5 Å². The predicted octanol–water partition coefficient (Wildman–Crippen LogP) is 5.62. The van der Waals surface area contributed by atoms with Crippen molar-refractivity contribution in [2.24, 2.45) is 0 Å². The van der Waals surface area contributed by atoms with Gasteiger partial charge in [0, 0.05) is 28.0 Å². The second-order valence-corrected chi connectivity index (χ2v) is 8.98. The first-order valence-corrected chi connectivity index (χ1v) is 12.1. The number of aromatic amines is 1. The van der Waals surface area contributed by atoms with E-state index >= 15 is 0 Å². The van der Waals surface area contributed by atoms with Gasteiger partial charge in [0.25, 0.3) is 0 Å². The van der Waals surface area contributed by atoms with Crippen LogP contribution in [-0.2, 0) is 17.6 Å². The Morgan fingerprint density at radius 2 is 1.81 bits per heavy atom. The van der Waals surface area contributed by atoms with E-state index in [2.05, 4.69) is 59.8 Å². The number of amides is 1. The fourth-order valence-electron chi connectivity index (χ4n) is 4.66. The van der Waals surface area contributed by atoms with Crippen LogP contribution in [0.2, 0.25) is 0 Å². The van der Waals surface area contributed by atoms with Crippen molar-refractivity contribution in [2.45, 2.75) is 23.8 Å². The van der Waals surface area contributed by atoms with Crippen molar-refractivity contribution >= 4 is 28.6 Å². The van der Waals surface area contributed by atoms with E-state index in [0.29, 0.717) is 13.0 Å². The van der Waals surface area contributed by atoms with Crippen LogP contribution < -0.4 is 4.74 Å². The molecule has 1 aromatic heterocycles. The van der Waals surface area contributed by atoms with Crippen LogP contribution in [0.4, 0.5) is 0 Å². The lowest BCUT2D eigenvalue weighted by molar-refractivity contribution is -0.132. The molecule has 1 N–H and O–H groups in total. The van der Waals surface area contributed by atoms with Crippen LogP contribution in [0, 0.1) is 0 Å². The number of rotatable bonds is 5. The lowest BCUT2D eigenvalue weighted by atomic mass is 9.92. The SMILES string of the molecule is COc1ccc(CC(=O)N2CCc3c([nH]c4ccccc34)[C@@H]2c2ccc(SC)cc2)cc1. The Morgan fingerprint density at radius 3 is 2.53 bits per heavy atom. The summed E-state index contributed by atoms with van der Waals surface area (Å²) in [6.07, 6.45) is 3.31. The van der Waals surface area contributed by atoms with Crippen molar-refractivity contribution in [3.8, 4) is 5.75 Å². The maximum absolute atomic E-state index is 13.5. The normalized spacial score (nSPS) is 15.6. The number of thioether (sulfide) groups is 1. The number of carbonyl (C=O) groups excluding carboxylic acids is 1. The van der Waals surface area contributed by atoms with Gasteiger partial charge < -0.3 is 14.6 Å². The molecule has 32 heavy (non-hydrogen) atoms. The number of nitrogens with zero attached hydrogens (tertiary/aromatic N) is 1. The summed E-state index contributed by atoms with van der Waals surface area (Å²) in [6, 6.07) is 24.7. The minimum absolute atomic E-state index is 0.118. The summed E-state index contributed by atoms with van der Waals surface area (Å²) < 4.78 is 5.25. The molecule has 0 unspecified atom stereocenters. The largest absolute Gasteiger partial charge is 0.497 e. The van der Waals surface area contributed by atoms with Crippen molar-refractivity contribution < 1.29 is 9.53 Å². The molecule has 5 rings (SSSR count). The molecule has 1 atom stereocenters. The van der Waals surface area contributed by atoms with Gasteiger partial charge in [-0.1, -0.05) is 42.5 Å². The molecule has 1 aliphatic heterocycles. The van der Waals surface area contributed by atoms with Gasteiger partial charge >= 0.3 is 0 Å². The predicted molar refractivity (Wildman–Crippen MR) is 130 cm³/mol. The summed E-state index contributed by atoms with van der Waals surface area (Å²) in [5.41, 5.74) is 5.73. The lowest BCUT2D eigenvalue weighted by Gasteiger charge is -2.36. The number of benzene rings is 3. The first kappa shape index (κ1) is 20.7. The molecular weight excluding hydrogens is 416 g/mol. The van der Waals surface area contributed by atoms with Gasteiger partial charge in [-0.2, -0.15) is 0 Å². The third kappa shape index (κ3) is 3.78. The number of ether oxygens (including phenoxy) is 1. The van der Waals surface area contributed by atoms with Crippen LogP contribution in [0.15, 0.2) is 77.7 Å². The molecule has 2 heterocycles. The van der Waals surface area contributed by atoms with E-state index in [1.807, 2.05) is 29.2 Å². The number of fused-ring (bicyclic) bond motifs is 3. The summed E-state index contributed by atoms with van der Waals surface area (Å²) in [5, 5.41) is 1.26. The second kappa shape index (κ2) is 8.75. The van der Waals surface area contributed by atoms with Crippen LogP contribution in [0.1, 0.15) is 28.4 Å². The van der Waals surface area contributed by atoms with Crippen LogP contribution in [-0.4, -0.2) is 35.7 Å². The van der Waals surface area contributed by atoms with Gasteiger partial charge in [-0.25, -0.2) is 0 Å². The van der Waals surface area contributed by atoms with Gasteiger partial charge in [0.2, 0.25) is 5.91 Å². The van der Waals surface area contributed by atoms with Gasteiger partial charge in [0.05, 0.1) is 19.6 Å². The van der Waals surface area contributed by atoms with Crippen LogP contribution in [0.5, 0.6) is 5.75 Å². The highest BCUT2D eigenvalue weighted by Crippen LogP contribution is 2.39. The number of methoxy groups -OCH3 is 1. The molecule has 4 nitrogen and oxygen atoms in total. The van der Waals surface area contributed by atoms with E-state index < -0.39 is 0 Å². The summed E-state index contributed by atoms with van der Waals surface area (Å²) in [5.74, 6) is 0.937. The van der Waals surface area contributed by atoms with Crippen molar-refractivity contribution in [2.75, 3.05) is 19.9 Å². The van der Waals surface area contributed by atoms with Crippen LogP contribution in [0.25, 0.3) is 10.9 Å². The molecule has 5 heteroatoms. The van der Waals surface area contributed by atoms with Crippen LogP contribution >= 0.6 is 11.8 Å². The Hall–Kier alpha value is -3.18. The maximum atomic E-state index is 13.5. The maximum Gasteiger partial charge on any atom is 0.227 e. The topological polar surface area (TPSA) is 45.3 Å². The van der Waals surface area contributed by atoms with E-state index in [4.69, 9.17) is 4.74 Å². The lowest BCUT2D eigenvalue weighted by Crippen LogP contribution is -2.41. The van der Waals surface area contributed by atoms with E-state index in [1.54, 1.807) is 18.9 Å². The molecule has 0 radical (unpaired) electrons. The molecule has 3 aromatic carbocycles. The van der Waals surface area contributed by atoms with Gasteiger partial charge in [0.1, 0.15) is 5.75 Å². The quantitative estimate of drug-likeness (QED) is 0.408. The molecule has 0 spiro atoms. The average Bonchev–Trinajstić information content (AvgIpc) is 3.23. The summed E-state index contributed by atoms with van der Waals surface area (Å²) in [4.78, 5) is 20.4. The Morgan fingerprint density at radius 1 is 1.06 bits per heavy atom. The zero-order valence-corrected chi connectivity index (χ0v) is 19.1. The van der Waals surface area contributed by atoms with Crippen molar-refractivity contribution in [1.29, 1.82) is 0 Å². The highest BCUT2D eigenvalue weighted by Gasteiger charge is 2.34. The Labute approximate surface area is 192 Å². The molecule has 1 amide bonds. The third-order valence-corrected chi connectivity index (χ3v) is 7.04. The number of para-hydroxylation sites is 1. The number of hydrogen-bond donors (Lipinski definition) is 1. The van der Waals surface area contributed by atoms with Gasteiger partial charge in [-0.05, 0) is 59.7 Å². The molecule has 4 aromatic rings. The molecular formula is C27H26N2O2S. The summed E-state index contributed by atoms with van der Waals surface area (Å²) in [7, 11) is 1.65. The van der Waals surface area contributed by atoms with E-state index in [-0.39, 0.29) is 11.9 Å². The molecule has 0 bridgehead atoms. The minimum Gasteiger partial charge on any atom is -0.497 e. The number of aromatic nitrogens is 1. The fourth-order valence-corrected chi connectivity index (χ4v) is 5.07. The molecule has 162 valence electrons. The third-order valence-electron chi connectivity index (χ3n) is 6.30. The fraction of sp³-hybridized carbons (Fsp3) is 0.222. The zero-order chi connectivity index (χ0) is 22.1. The first-order chi connectivity index (χ1) is 15.7. The molecule has 0 saturated carbocycles. The van der Waals surface area contributed by atoms with Crippen LogP contribution in [0.3, 0.4) is 0 Å². The second-order valence-electron chi connectivity index (χ2n) is 8.10. The van der Waals surface area contributed by atoms with Crippen molar-refractivity contribution in [3.63, 3.8) is 0 Å². The van der Waals surface area contributed by atoms with Crippen molar-refractivity contribution in [3.05, 3.63) is 95.2 Å². The first-order valence-electron chi connectivity index (χ1n) is 10.8. The van der Waals surface area contributed by atoms with E-state index in [1.165, 1.54) is 15.8 Å². The van der Waals surface area contributed by atoms with Crippen molar-refractivity contribution in [1.82, 2.24) is 9.88 Å². The summed E-state index contributed by atoms with van der Waals surface area (Å²) >= 11 is 1.73. The Kier molecular flexibility index (Phi) is 5.66. The highest BCUT2D eigenvalue weighted by molar-refractivity contribution is 7.98. The van der Waals surface area contributed by atoms with Gasteiger partial charge in [0.15, 0.2) is 0 Å². The Balaban J connectivity index is 1.53. The minimum atomic E-state index is -0.118. The smallest absolute Gasteiger partial charge is 0.227 e. The number of carbonyl (C=O) groups is 1. The standard InChI is InChI=1S/C27H26N2O2S/c1-31-20-11-7-18(8-12-20)17-25(30)29-16-15-23-22-5-3-4-6-24(22)28-26(23)27(29)19-9-13-21(32-2)14-10-19/h3-14,27-28H,15-17H2,1-2H3/t27-/m0/s1. The molecule has 0 fully saturated rings. The zero-order valence-electron chi connectivity index (χ0n) is 18.3. The van der Waals surface area contributed by atoms with Gasteiger partial charge in [-0.15, -0.1) is 11.8 Å². The molecule has 1 aliphatic rings. The Bertz CT molecular complexity index is 1250. The number of H-pyrrole nitrogens is 1. The molecule has 0 aliphatic carbocycles. The van der Waals surface area contributed by atoms with Gasteiger partial charge in [-0.3, -0.25) is 4.79 Å². The number of nitrogens with one attached hydrogen (secondary N) is 1. The monoisotopic (exact) mass is 442 g/mol. The summed E-state index contributed by atoms with van der Waals surface area (Å²) in [6.45, 7) is 0.707. The average molecular weight is 443 g/mol. The highest BCUT2D eigenvalue weighted by atomic mass is 32.2.